The van der Waals surface area contributed by atoms with Crippen LogP contribution in [-0.4, -0.2) is 17.2 Å². The molecule has 1 unspecified atom stereocenters. The first-order valence-electron chi connectivity index (χ1n) is 6.55. The highest BCUT2D eigenvalue weighted by molar-refractivity contribution is 6.32. The predicted molar refractivity (Wildman–Crippen MR) is 76.9 cm³/mol. The molecule has 0 bridgehead atoms. The molecule has 1 N–H and O–H groups in total. The second-order valence-electron chi connectivity index (χ2n) is 4.45. The molecule has 0 aliphatic rings. The third-order valence-electron chi connectivity index (χ3n) is 3.07. The molecule has 0 radical (unpaired) electrons. The Morgan fingerprint density at radius 1 is 1.45 bits per heavy atom. The Kier molecular flexibility index (Phi) is 4.98. The lowest BCUT2D eigenvalue weighted by Crippen LogP contribution is -2.12. The lowest BCUT2D eigenvalue weighted by Gasteiger charge is -2.12. The van der Waals surface area contributed by atoms with Crippen LogP contribution < -0.4 is 10.1 Å². The van der Waals surface area contributed by atoms with Crippen molar-refractivity contribution in [2.75, 3.05) is 7.05 Å². The normalized spacial score (nSPS) is 12.4. The van der Waals surface area contributed by atoms with Crippen LogP contribution in [-0.2, 0) is 13.0 Å². The maximum absolute atomic E-state index is 6.21. The van der Waals surface area contributed by atoms with Gasteiger partial charge in [0.2, 0.25) is 0 Å². The number of nitrogens with one attached hydrogen (secondary N) is 1. The third-order valence-corrected chi connectivity index (χ3v) is 3.36. The van der Waals surface area contributed by atoms with Crippen molar-refractivity contribution in [3.05, 3.63) is 40.5 Å². The van der Waals surface area contributed by atoms with Gasteiger partial charge in [-0.25, -0.2) is 0 Å². The fraction of sp³-hybridized carbons (Fsp3) is 0.429. The smallest absolute Gasteiger partial charge is 0.264 e. The summed E-state index contributed by atoms with van der Waals surface area (Å²) in [6.45, 7) is 4.25. The molecule has 6 heteroatoms. The van der Waals surface area contributed by atoms with Crippen molar-refractivity contribution < 1.29 is 9.26 Å². The number of nitrogens with zero attached hydrogens (tertiary/aromatic N) is 2. The van der Waals surface area contributed by atoms with Gasteiger partial charge in [0, 0.05) is 12.5 Å². The fourth-order valence-corrected chi connectivity index (χ4v) is 1.95. The van der Waals surface area contributed by atoms with Gasteiger partial charge in [-0.2, -0.15) is 4.98 Å². The second kappa shape index (κ2) is 6.72. The van der Waals surface area contributed by atoms with E-state index in [9.17, 15) is 0 Å². The summed E-state index contributed by atoms with van der Waals surface area (Å²) in [5.74, 6) is 1.73. The van der Waals surface area contributed by atoms with Crippen LogP contribution in [0.1, 0.15) is 37.2 Å². The van der Waals surface area contributed by atoms with E-state index < -0.39 is 0 Å². The van der Waals surface area contributed by atoms with Gasteiger partial charge in [0.1, 0.15) is 5.75 Å². The highest BCUT2D eigenvalue weighted by Gasteiger charge is 2.10. The zero-order valence-electron chi connectivity index (χ0n) is 11.8. The molecule has 108 valence electrons. The summed E-state index contributed by atoms with van der Waals surface area (Å²) in [5.41, 5.74) is 1.11. The van der Waals surface area contributed by atoms with Gasteiger partial charge in [0.15, 0.2) is 12.4 Å². The van der Waals surface area contributed by atoms with Crippen LogP contribution in [0.25, 0.3) is 0 Å². The molecule has 1 atom stereocenters. The number of rotatable bonds is 6. The Morgan fingerprint density at radius 2 is 2.25 bits per heavy atom. The molecule has 2 rings (SSSR count). The molecule has 1 heterocycles. The monoisotopic (exact) mass is 295 g/mol. The first-order valence-corrected chi connectivity index (χ1v) is 6.92. The lowest BCUT2D eigenvalue weighted by atomic mass is 10.1. The van der Waals surface area contributed by atoms with Gasteiger partial charge in [0.05, 0.1) is 5.02 Å². The summed E-state index contributed by atoms with van der Waals surface area (Å²) >= 11 is 6.21. The third kappa shape index (κ3) is 3.49. The Hall–Kier alpha value is -1.59. The van der Waals surface area contributed by atoms with E-state index in [1.54, 1.807) is 0 Å². The largest absolute Gasteiger partial charge is 0.482 e. The molecule has 0 spiro atoms. The minimum Gasteiger partial charge on any atom is -0.482 e. The van der Waals surface area contributed by atoms with Crippen molar-refractivity contribution in [1.82, 2.24) is 15.5 Å². The number of benzene rings is 1. The van der Waals surface area contributed by atoms with Crippen molar-refractivity contribution in [3.63, 3.8) is 0 Å². The van der Waals surface area contributed by atoms with E-state index in [4.69, 9.17) is 20.9 Å². The van der Waals surface area contributed by atoms with E-state index in [2.05, 4.69) is 22.4 Å². The summed E-state index contributed by atoms with van der Waals surface area (Å²) in [6.07, 6.45) is 0.737. The van der Waals surface area contributed by atoms with Gasteiger partial charge in [-0.3, -0.25) is 0 Å². The van der Waals surface area contributed by atoms with Crippen molar-refractivity contribution in [3.8, 4) is 5.75 Å². The average molecular weight is 296 g/mol. The van der Waals surface area contributed by atoms with Gasteiger partial charge in [-0.05, 0) is 31.7 Å². The Labute approximate surface area is 123 Å². The minimum atomic E-state index is 0.216. The zero-order valence-corrected chi connectivity index (χ0v) is 12.6. The highest BCUT2D eigenvalue weighted by atomic mass is 35.5. The molecule has 1 aromatic heterocycles. The highest BCUT2D eigenvalue weighted by Crippen LogP contribution is 2.28. The molecular weight excluding hydrogens is 278 g/mol. The average Bonchev–Trinajstić information content (AvgIpc) is 2.93. The molecule has 0 amide bonds. The standard InChI is InChI=1S/C14H18ClN3O2/c1-4-13-17-14(20-18-13)8-19-12-6-5-10(7-11(12)15)9(2)16-3/h5-7,9,16H,4,8H2,1-3H3. The van der Waals surface area contributed by atoms with Crippen LogP contribution >= 0.6 is 11.6 Å². The molecule has 2 aromatic rings. The summed E-state index contributed by atoms with van der Waals surface area (Å²) in [6, 6.07) is 5.96. The lowest BCUT2D eigenvalue weighted by molar-refractivity contribution is 0.242. The molecular formula is C14H18ClN3O2. The van der Waals surface area contributed by atoms with Crippen molar-refractivity contribution in [2.24, 2.45) is 0 Å². The summed E-state index contributed by atoms with van der Waals surface area (Å²) in [4.78, 5) is 4.18. The molecule has 0 fully saturated rings. The molecule has 0 saturated heterocycles. The number of ether oxygens (including phenoxy) is 1. The Balaban J connectivity index is 2.02. The number of hydrogen-bond donors (Lipinski definition) is 1. The topological polar surface area (TPSA) is 60.2 Å². The summed E-state index contributed by atoms with van der Waals surface area (Å²) in [5, 5.41) is 7.54. The van der Waals surface area contributed by atoms with Crippen LogP contribution in [0.15, 0.2) is 22.7 Å². The molecule has 0 saturated carbocycles. The molecule has 0 aliphatic carbocycles. The Bertz CT molecular complexity index is 571. The fourth-order valence-electron chi connectivity index (χ4n) is 1.70. The number of aromatic nitrogens is 2. The van der Waals surface area contributed by atoms with E-state index in [-0.39, 0.29) is 12.6 Å². The molecule has 1 aromatic carbocycles. The number of halogens is 1. The van der Waals surface area contributed by atoms with Gasteiger partial charge in [-0.1, -0.05) is 29.7 Å². The second-order valence-corrected chi connectivity index (χ2v) is 4.85. The molecule has 20 heavy (non-hydrogen) atoms. The van der Waals surface area contributed by atoms with E-state index >= 15 is 0 Å². The van der Waals surface area contributed by atoms with Gasteiger partial charge < -0.3 is 14.6 Å². The van der Waals surface area contributed by atoms with Crippen LogP contribution in [0, 0.1) is 0 Å². The van der Waals surface area contributed by atoms with E-state index in [0.29, 0.717) is 22.5 Å². The molecule has 5 nitrogen and oxygen atoms in total. The van der Waals surface area contributed by atoms with Crippen molar-refractivity contribution in [1.29, 1.82) is 0 Å². The number of aryl methyl sites for hydroxylation is 1. The van der Waals surface area contributed by atoms with Crippen LogP contribution in [0.5, 0.6) is 5.75 Å². The van der Waals surface area contributed by atoms with E-state index in [0.717, 1.165) is 12.0 Å². The van der Waals surface area contributed by atoms with Crippen LogP contribution in [0.4, 0.5) is 0 Å². The maximum atomic E-state index is 6.21. The predicted octanol–water partition coefficient (Wildman–Crippen LogP) is 3.14. The van der Waals surface area contributed by atoms with E-state index in [1.807, 2.05) is 32.2 Å². The SMILES string of the molecule is CCc1noc(COc2ccc(C(C)NC)cc2Cl)n1. The minimum absolute atomic E-state index is 0.216. The quantitative estimate of drug-likeness (QED) is 0.887. The first kappa shape index (κ1) is 14.8. The van der Waals surface area contributed by atoms with Crippen LogP contribution in [0.3, 0.4) is 0 Å². The van der Waals surface area contributed by atoms with Crippen LogP contribution in [0.2, 0.25) is 5.02 Å². The Morgan fingerprint density at radius 3 is 2.85 bits per heavy atom. The van der Waals surface area contributed by atoms with Crippen molar-refractivity contribution >= 4 is 11.6 Å². The van der Waals surface area contributed by atoms with Gasteiger partial charge in [0.25, 0.3) is 5.89 Å². The van der Waals surface area contributed by atoms with Gasteiger partial charge >= 0.3 is 0 Å². The zero-order chi connectivity index (χ0) is 14.5. The molecule has 0 aliphatic heterocycles. The summed E-state index contributed by atoms with van der Waals surface area (Å²) in [7, 11) is 1.91. The number of hydrogen-bond acceptors (Lipinski definition) is 5. The van der Waals surface area contributed by atoms with Gasteiger partial charge in [-0.15, -0.1) is 0 Å². The van der Waals surface area contributed by atoms with E-state index in [1.165, 1.54) is 0 Å². The first-order chi connectivity index (χ1) is 9.63. The van der Waals surface area contributed by atoms with Crippen molar-refractivity contribution in [2.45, 2.75) is 32.9 Å². The maximum Gasteiger partial charge on any atom is 0.264 e. The summed E-state index contributed by atoms with van der Waals surface area (Å²) < 4.78 is 10.7.